The van der Waals surface area contributed by atoms with Gasteiger partial charge in [0.2, 0.25) is 0 Å². The second-order valence-electron chi connectivity index (χ2n) is 9.31. The van der Waals surface area contributed by atoms with Crippen molar-refractivity contribution in [2.75, 3.05) is 0 Å². The predicted molar refractivity (Wildman–Crippen MR) is 117 cm³/mol. The Morgan fingerprint density at radius 3 is 2.53 bits per heavy atom. The molecule has 0 radical (unpaired) electrons. The van der Waals surface area contributed by atoms with E-state index in [1.165, 1.54) is 28.8 Å². The molecule has 4 heteroatoms. The number of hydrogen-bond donors (Lipinski definition) is 1. The van der Waals surface area contributed by atoms with Crippen molar-refractivity contribution in [3.05, 3.63) is 88.5 Å². The summed E-state index contributed by atoms with van der Waals surface area (Å²) in [6.45, 7) is 6.23. The fourth-order valence-corrected chi connectivity index (χ4v) is 5.63. The Labute approximate surface area is 176 Å². The molecule has 1 unspecified atom stereocenters. The van der Waals surface area contributed by atoms with Crippen molar-refractivity contribution >= 4 is 6.08 Å². The van der Waals surface area contributed by atoms with E-state index >= 15 is 0 Å². The molecule has 1 fully saturated rings. The van der Waals surface area contributed by atoms with Crippen LogP contribution < -0.4 is 0 Å². The molecule has 5 rings (SSSR count). The van der Waals surface area contributed by atoms with E-state index in [-0.39, 0.29) is 17.2 Å². The van der Waals surface area contributed by atoms with Gasteiger partial charge in [-0.15, -0.1) is 0 Å². The molecule has 3 aromatic rings. The largest absolute Gasteiger partial charge is 0.385 e. The first-order valence-corrected chi connectivity index (χ1v) is 10.6. The molecule has 0 bridgehead atoms. The monoisotopic (exact) mass is 402 g/mol. The third kappa shape index (κ3) is 2.85. The van der Waals surface area contributed by atoms with E-state index in [0.717, 1.165) is 36.2 Å². The molecular weight excluding hydrogens is 375 g/mol. The number of fused-ring (bicyclic) bond motifs is 2. The molecule has 1 aromatic heterocycles. The number of aromatic nitrogens is 2. The van der Waals surface area contributed by atoms with E-state index in [1.54, 1.807) is 12.1 Å². The quantitative estimate of drug-likeness (QED) is 0.621. The average molecular weight is 403 g/mol. The lowest BCUT2D eigenvalue weighted by Gasteiger charge is -2.43. The minimum atomic E-state index is -1.03. The van der Waals surface area contributed by atoms with Crippen LogP contribution in [0.1, 0.15) is 49.1 Å². The molecule has 1 heterocycles. The summed E-state index contributed by atoms with van der Waals surface area (Å²) in [7, 11) is 0. The third-order valence-corrected chi connectivity index (χ3v) is 7.35. The summed E-state index contributed by atoms with van der Waals surface area (Å²) >= 11 is 0. The Kier molecular flexibility index (Phi) is 4.26. The molecule has 3 nitrogen and oxygen atoms in total. The zero-order valence-corrected chi connectivity index (χ0v) is 17.7. The van der Waals surface area contributed by atoms with Gasteiger partial charge in [0, 0.05) is 5.92 Å². The van der Waals surface area contributed by atoms with Gasteiger partial charge in [0.15, 0.2) is 0 Å². The maximum Gasteiger partial charge on any atom is 0.123 e. The van der Waals surface area contributed by atoms with Gasteiger partial charge in [-0.05, 0) is 80.0 Å². The first-order chi connectivity index (χ1) is 14.3. The van der Waals surface area contributed by atoms with Gasteiger partial charge in [0.25, 0.3) is 0 Å². The molecule has 3 atom stereocenters. The Hall–Kier alpha value is -2.72. The van der Waals surface area contributed by atoms with Gasteiger partial charge in [0.05, 0.1) is 23.2 Å². The van der Waals surface area contributed by atoms with Crippen molar-refractivity contribution in [1.82, 2.24) is 9.78 Å². The van der Waals surface area contributed by atoms with Crippen LogP contribution in [-0.2, 0) is 12.0 Å². The second-order valence-corrected chi connectivity index (χ2v) is 9.31. The van der Waals surface area contributed by atoms with Crippen molar-refractivity contribution in [2.24, 2.45) is 11.3 Å². The highest BCUT2D eigenvalue weighted by atomic mass is 19.1. The molecule has 1 N–H and O–H groups in total. The first-order valence-electron chi connectivity index (χ1n) is 10.6. The number of nitrogens with zero attached hydrogens (tertiary/aromatic N) is 2. The smallest absolute Gasteiger partial charge is 0.123 e. The van der Waals surface area contributed by atoms with E-state index in [9.17, 15) is 9.50 Å². The van der Waals surface area contributed by atoms with Crippen LogP contribution in [0.25, 0.3) is 11.8 Å². The summed E-state index contributed by atoms with van der Waals surface area (Å²) in [4.78, 5) is 0. The average Bonchev–Trinajstić information content (AvgIpc) is 3.27. The van der Waals surface area contributed by atoms with E-state index in [2.05, 4.69) is 49.3 Å². The molecule has 1 saturated carbocycles. The normalized spacial score (nSPS) is 24.7. The molecule has 154 valence electrons. The minimum absolute atomic E-state index is 0.0533. The molecule has 0 aliphatic heterocycles. The fourth-order valence-electron chi connectivity index (χ4n) is 5.63. The Bertz CT molecular complexity index is 1120. The van der Waals surface area contributed by atoms with Crippen molar-refractivity contribution in [3.63, 3.8) is 0 Å². The Morgan fingerprint density at radius 2 is 1.83 bits per heavy atom. The van der Waals surface area contributed by atoms with Crippen molar-refractivity contribution in [3.8, 4) is 5.69 Å². The molecule has 2 aliphatic carbocycles. The van der Waals surface area contributed by atoms with Crippen LogP contribution in [0.3, 0.4) is 0 Å². The maximum absolute atomic E-state index is 13.4. The Balaban J connectivity index is 1.52. The number of hydrogen-bond acceptors (Lipinski definition) is 2. The minimum Gasteiger partial charge on any atom is -0.385 e. The van der Waals surface area contributed by atoms with Crippen LogP contribution in [0.4, 0.5) is 4.39 Å². The lowest BCUT2D eigenvalue weighted by atomic mass is 9.63. The molecular formula is C26H27FN2O. The van der Waals surface area contributed by atoms with Crippen molar-refractivity contribution < 1.29 is 9.50 Å². The van der Waals surface area contributed by atoms with E-state index in [1.807, 2.05) is 17.8 Å². The summed E-state index contributed by atoms with van der Waals surface area (Å²) in [5, 5.41) is 16.2. The number of rotatable bonds is 3. The lowest BCUT2D eigenvalue weighted by Crippen LogP contribution is -2.42. The molecule has 2 aromatic carbocycles. The van der Waals surface area contributed by atoms with Gasteiger partial charge < -0.3 is 5.11 Å². The number of aliphatic hydroxyl groups is 1. The summed E-state index contributed by atoms with van der Waals surface area (Å²) in [5.41, 5.74) is 5.63. The van der Waals surface area contributed by atoms with E-state index in [0.29, 0.717) is 0 Å². The standard InChI is InChI=1S/C26H27FN2O/c1-17-4-11-22(12-5-17)29-23-14-20-8-13-24(25(20,2)15-18(23)16-28-29)26(3,30)19-6-9-21(27)10-7-19/h4-7,9-12,14,16,24,30H,8,13,15H2,1-3H3/t24-,25-,26?/m0/s1. The van der Waals surface area contributed by atoms with Gasteiger partial charge in [-0.25, -0.2) is 9.07 Å². The van der Waals surface area contributed by atoms with Crippen molar-refractivity contribution in [2.45, 2.75) is 45.6 Å². The maximum atomic E-state index is 13.4. The number of halogens is 1. The number of allylic oxidation sites excluding steroid dienone is 1. The van der Waals surface area contributed by atoms with Crippen LogP contribution in [0.2, 0.25) is 0 Å². The van der Waals surface area contributed by atoms with Gasteiger partial charge in [-0.3, -0.25) is 0 Å². The van der Waals surface area contributed by atoms with Gasteiger partial charge in [-0.1, -0.05) is 42.3 Å². The van der Waals surface area contributed by atoms with Gasteiger partial charge >= 0.3 is 0 Å². The summed E-state index contributed by atoms with van der Waals surface area (Å²) in [6, 6.07) is 14.7. The highest BCUT2D eigenvalue weighted by Crippen LogP contribution is 2.58. The van der Waals surface area contributed by atoms with Crippen LogP contribution in [0.15, 0.2) is 60.3 Å². The highest BCUT2D eigenvalue weighted by molar-refractivity contribution is 5.62. The number of benzene rings is 2. The topological polar surface area (TPSA) is 38.0 Å². The highest BCUT2D eigenvalue weighted by Gasteiger charge is 2.52. The molecule has 0 amide bonds. The van der Waals surface area contributed by atoms with Crippen molar-refractivity contribution in [1.29, 1.82) is 0 Å². The third-order valence-electron chi connectivity index (χ3n) is 7.35. The SMILES string of the molecule is Cc1ccc(-n2ncc3c2C=C2CC[C@H](C(C)(O)c4ccc(F)cc4)[C@@]2(C)C3)cc1. The summed E-state index contributed by atoms with van der Waals surface area (Å²) in [6.07, 6.45) is 6.97. The summed E-state index contributed by atoms with van der Waals surface area (Å²) in [5.74, 6) is -0.226. The van der Waals surface area contributed by atoms with Crippen LogP contribution in [0.5, 0.6) is 0 Å². The zero-order chi connectivity index (χ0) is 21.1. The fraction of sp³-hybridized carbons (Fsp3) is 0.346. The van der Waals surface area contributed by atoms with Crippen LogP contribution >= 0.6 is 0 Å². The number of aryl methyl sites for hydroxylation is 1. The lowest BCUT2D eigenvalue weighted by molar-refractivity contribution is -0.0431. The second kappa shape index (κ2) is 6.64. The Morgan fingerprint density at radius 1 is 1.13 bits per heavy atom. The molecule has 2 aliphatic rings. The van der Waals surface area contributed by atoms with Crippen LogP contribution in [-0.4, -0.2) is 14.9 Å². The zero-order valence-electron chi connectivity index (χ0n) is 17.7. The van der Waals surface area contributed by atoms with Gasteiger partial charge in [-0.2, -0.15) is 5.10 Å². The molecule has 0 spiro atoms. The van der Waals surface area contributed by atoms with E-state index < -0.39 is 5.60 Å². The molecule has 0 saturated heterocycles. The van der Waals surface area contributed by atoms with Crippen LogP contribution in [0, 0.1) is 24.1 Å². The first kappa shape index (κ1) is 19.3. The predicted octanol–water partition coefficient (Wildman–Crippen LogP) is 5.58. The van der Waals surface area contributed by atoms with Gasteiger partial charge in [0.1, 0.15) is 5.82 Å². The summed E-state index contributed by atoms with van der Waals surface area (Å²) < 4.78 is 15.4. The molecule has 30 heavy (non-hydrogen) atoms. The van der Waals surface area contributed by atoms with E-state index in [4.69, 9.17) is 0 Å².